The van der Waals surface area contributed by atoms with Crippen molar-refractivity contribution in [2.24, 2.45) is 0 Å². The fourth-order valence-corrected chi connectivity index (χ4v) is 1.80. The Morgan fingerprint density at radius 3 is 2.38 bits per heavy atom. The first-order chi connectivity index (χ1) is 10.1. The summed E-state index contributed by atoms with van der Waals surface area (Å²) in [4.78, 5) is 23.5. The Balaban J connectivity index is 1.87. The average Bonchev–Trinajstić information content (AvgIpc) is 2.49. The van der Waals surface area contributed by atoms with Gasteiger partial charge in [0.1, 0.15) is 0 Å². The summed E-state index contributed by atoms with van der Waals surface area (Å²) in [5.41, 5.74) is 3.37. The van der Waals surface area contributed by atoms with Crippen molar-refractivity contribution in [2.45, 2.75) is 13.8 Å². The van der Waals surface area contributed by atoms with E-state index in [0.29, 0.717) is 11.3 Å². The van der Waals surface area contributed by atoms with E-state index in [9.17, 15) is 9.59 Å². The maximum Gasteiger partial charge on any atom is 0.338 e. The zero-order valence-corrected chi connectivity index (χ0v) is 12.1. The molecule has 2 rings (SSSR count). The highest BCUT2D eigenvalue weighted by atomic mass is 16.5. The van der Waals surface area contributed by atoms with Gasteiger partial charge in [0.05, 0.1) is 5.56 Å². The summed E-state index contributed by atoms with van der Waals surface area (Å²) in [5, 5.41) is 2.70. The normalized spacial score (nSPS) is 10.0. The Morgan fingerprint density at radius 2 is 1.71 bits per heavy atom. The lowest BCUT2D eigenvalue weighted by Crippen LogP contribution is -2.21. The minimum atomic E-state index is -0.508. The fraction of sp³-hybridized carbons (Fsp3) is 0.176. The molecule has 4 nitrogen and oxygen atoms in total. The van der Waals surface area contributed by atoms with Crippen LogP contribution in [0.25, 0.3) is 0 Å². The van der Waals surface area contributed by atoms with Crippen molar-refractivity contribution in [1.29, 1.82) is 0 Å². The van der Waals surface area contributed by atoms with Gasteiger partial charge in [-0.05, 0) is 49.2 Å². The van der Waals surface area contributed by atoms with Crippen LogP contribution >= 0.6 is 0 Å². The molecule has 0 saturated carbocycles. The topological polar surface area (TPSA) is 55.4 Å². The van der Waals surface area contributed by atoms with Crippen molar-refractivity contribution in [3.05, 3.63) is 65.2 Å². The number of rotatable bonds is 4. The Labute approximate surface area is 123 Å². The number of aryl methyl sites for hydroxylation is 2. The van der Waals surface area contributed by atoms with Crippen molar-refractivity contribution in [3.8, 4) is 0 Å². The summed E-state index contributed by atoms with van der Waals surface area (Å²) in [5.74, 6) is -0.867. The van der Waals surface area contributed by atoms with Crippen molar-refractivity contribution >= 4 is 17.6 Å². The van der Waals surface area contributed by atoms with E-state index in [4.69, 9.17) is 4.74 Å². The number of carbonyl (C=O) groups is 2. The van der Waals surface area contributed by atoms with Crippen molar-refractivity contribution in [2.75, 3.05) is 11.9 Å². The molecule has 2 aromatic rings. The number of nitrogens with one attached hydrogen (secondary N) is 1. The third-order valence-corrected chi connectivity index (χ3v) is 3.13. The zero-order chi connectivity index (χ0) is 15.2. The SMILES string of the molecule is Cc1ccc(NC(=O)COC(=O)c2ccccc2)cc1C. The fourth-order valence-electron chi connectivity index (χ4n) is 1.80. The molecule has 21 heavy (non-hydrogen) atoms. The van der Waals surface area contributed by atoms with Crippen LogP contribution in [0.1, 0.15) is 21.5 Å². The molecular formula is C17H17NO3. The molecule has 0 atom stereocenters. The number of anilines is 1. The Hall–Kier alpha value is -2.62. The predicted molar refractivity (Wildman–Crippen MR) is 81.3 cm³/mol. The molecule has 0 fully saturated rings. The molecule has 2 aromatic carbocycles. The molecule has 0 radical (unpaired) electrons. The monoisotopic (exact) mass is 283 g/mol. The molecule has 1 N–H and O–H groups in total. The van der Waals surface area contributed by atoms with Gasteiger partial charge in [-0.25, -0.2) is 4.79 Å². The van der Waals surface area contributed by atoms with Gasteiger partial charge in [-0.2, -0.15) is 0 Å². The number of benzene rings is 2. The number of hydrogen-bond acceptors (Lipinski definition) is 3. The van der Waals surface area contributed by atoms with Crippen LogP contribution in [-0.4, -0.2) is 18.5 Å². The van der Waals surface area contributed by atoms with Crippen molar-refractivity contribution < 1.29 is 14.3 Å². The highest BCUT2D eigenvalue weighted by Crippen LogP contribution is 2.14. The number of esters is 1. The number of hydrogen-bond donors (Lipinski definition) is 1. The predicted octanol–water partition coefficient (Wildman–Crippen LogP) is 3.10. The third-order valence-electron chi connectivity index (χ3n) is 3.13. The average molecular weight is 283 g/mol. The van der Waals surface area contributed by atoms with Gasteiger partial charge in [0, 0.05) is 5.69 Å². The van der Waals surface area contributed by atoms with Crippen LogP contribution in [0, 0.1) is 13.8 Å². The Morgan fingerprint density at radius 1 is 1.00 bits per heavy atom. The first kappa shape index (κ1) is 14.8. The molecule has 0 unspecified atom stereocenters. The van der Waals surface area contributed by atoms with Crippen molar-refractivity contribution in [3.63, 3.8) is 0 Å². The van der Waals surface area contributed by atoms with Gasteiger partial charge < -0.3 is 10.1 Å². The van der Waals surface area contributed by atoms with Crippen LogP contribution in [0.2, 0.25) is 0 Å². The van der Waals surface area contributed by atoms with Gasteiger partial charge in [0.2, 0.25) is 0 Å². The minimum absolute atomic E-state index is 0.305. The molecule has 0 aliphatic heterocycles. The summed E-state index contributed by atoms with van der Waals surface area (Å²) in [7, 11) is 0. The Kier molecular flexibility index (Phi) is 4.72. The van der Waals surface area contributed by atoms with Crippen molar-refractivity contribution in [1.82, 2.24) is 0 Å². The van der Waals surface area contributed by atoms with E-state index < -0.39 is 5.97 Å². The van der Waals surface area contributed by atoms with Crippen LogP contribution < -0.4 is 5.32 Å². The lowest BCUT2D eigenvalue weighted by molar-refractivity contribution is -0.119. The molecule has 4 heteroatoms. The highest BCUT2D eigenvalue weighted by Gasteiger charge is 2.10. The zero-order valence-electron chi connectivity index (χ0n) is 12.1. The van der Waals surface area contributed by atoms with Crippen LogP contribution in [-0.2, 0) is 9.53 Å². The minimum Gasteiger partial charge on any atom is -0.452 e. The summed E-state index contributed by atoms with van der Waals surface area (Å²) in [6, 6.07) is 14.2. The number of carbonyl (C=O) groups excluding carboxylic acids is 2. The maximum atomic E-state index is 11.8. The van der Waals surface area contributed by atoms with Gasteiger partial charge in [-0.1, -0.05) is 24.3 Å². The van der Waals surface area contributed by atoms with Crippen LogP contribution in [0.5, 0.6) is 0 Å². The van der Waals surface area contributed by atoms with E-state index in [1.54, 1.807) is 24.3 Å². The smallest absolute Gasteiger partial charge is 0.338 e. The second kappa shape index (κ2) is 6.70. The molecule has 0 aromatic heterocycles. The lowest BCUT2D eigenvalue weighted by Gasteiger charge is -2.08. The van der Waals surface area contributed by atoms with Gasteiger partial charge in [-0.15, -0.1) is 0 Å². The molecule has 0 saturated heterocycles. The molecule has 0 bridgehead atoms. The van der Waals surface area contributed by atoms with Gasteiger partial charge in [-0.3, -0.25) is 4.79 Å². The largest absolute Gasteiger partial charge is 0.452 e. The summed E-state index contributed by atoms with van der Waals surface area (Å²) in [6.07, 6.45) is 0. The van der Waals surface area contributed by atoms with E-state index in [0.717, 1.165) is 11.1 Å². The summed E-state index contributed by atoms with van der Waals surface area (Å²) in [6.45, 7) is 3.67. The van der Waals surface area contributed by atoms with Gasteiger partial charge in [0.25, 0.3) is 5.91 Å². The van der Waals surface area contributed by atoms with E-state index in [1.807, 2.05) is 38.1 Å². The first-order valence-electron chi connectivity index (χ1n) is 6.65. The molecule has 0 aliphatic carbocycles. The Bertz CT molecular complexity index is 650. The van der Waals surface area contributed by atoms with Gasteiger partial charge in [0.15, 0.2) is 6.61 Å². The molecule has 0 spiro atoms. The van der Waals surface area contributed by atoms with Crippen LogP contribution in [0.4, 0.5) is 5.69 Å². The number of ether oxygens (including phenoxy) is 1. The lowest BCUT2D eigenvalue weighted by atomic mass is 10.1. The van der Waals surface area contributed by atoms with Crippen LogP contribution in [0.3, 0.4) is 0 Å². The molecule has 0 heterocycles. The van der Waals surface area contributed by atoms with E-state index in [-0.39, 0.29) is 12.5 Å². The van der Waals surface area contributed by atoms with Gasteiger partial charge >= 0.3 is 5.97 Å². The maximum absolute atomic E-state index is 11.8. The quantitative estimate of drug-likeness (QED) is 0.877. The molecule has 108 valence electrons. The molecular weight excluding hydrogens is 266 g/mol. The third kappa shape index (κ3) is 4.18. The first-order valence-corrected chi connectivity index (χ1v) is 6.65. The summed E-state index contributed by atoms with van der Waals surface area (Å²) < 4.78 is 4.97. The van der Waals surface area contributed by atoms with E-state index in [1.165, 1.54) is 0 Å². The van der Waals surface area contributed by atoms with E-state index in [2.05, 4.69) is 5.32 Å². The number of amides is 1. The van der Waals surface area contributed by atoms with E-state index >= 15 is 0 Å². The molecule has 1 amide bonds. The standard InChI is InChI=1S/C17H17NO3/c1-12-8-9-15(10-13(12)2)18-16(19)11-21-17(20)14-6-4-3-5-7-14/h3-10H,11H2,1-2H3,(H,18,19). The molecule has 0 aliphatic rings. The second-order valence-corrected chi connectivity index (χ2v) is 4.79. The highest BCUT2D eigenvalue weighted by molar-refractivity contribution is 5.95. The second-order valence-electron chi connectivity index (χ2n) is 4.79. The summed E-state index contributed by atoms with van der Waals surface area (Å²) >= 11 is 0. The van der Waals surface area contributed by atoms with Crippen LogP contribution in [0.15, 0.2) is 48.5 Å².